The fraction of sp³-hybridized carbons (Fsp3) is 0.692. The van der Waals surface area contributed by atoms with E-state index in [4.69, 9.17) is 4.42 Å². The molecule has 3 nitrogen and oxygen atoms in total. The van der Waals surface area contributed by atoms with Crippen LogP contribution in [-0.2, 0) is 6.54 Å². The molecule has 1 saturated heterocycles. The fourth-order valence-electron chi connectivity index (χ4n) is 2.32. The van der Waals surface area contributed by atoms with Gasteiger partial charge in [0.2, 0.25) is 0 Å². The van der Waals surface area contributed by atoms with Crippen molar-refractivity contribution >= 4 is 0 Å². The van der Waals surface area contributed by atoms with Crippen LogP contribution >= 0.6 is 0 Å². The average Bonchev–Trinajstić information content (AvgIpc) is 2.87. The van der Waals surface area contributed by atoms with Crippen molar-refractivity contribution in [2.45, 2.75) is 51.7 Å². The van der Waals surface area contributed by atoms with Crippen molar-refractivity contribution in [3.05, 3.63) is 23.7 Å². The Morgan fingerprint density at radius 2 is 2.44 bits per heavy atom. The summed E-state index contributed by atoms with van der Waals surface area (Å²) in [6, 6.07) is 5.31. The number of hydrogen-bond donors (Lipinski definition) is 2. The third kappa shape index (κ3) is 3.35. The third-order valence-electron chi connectivity index (χ3n) is 3.22. The van der Waals surface area contributed by atoms with Gasteiger partial charge in [0, 0.05) is 12.1 Å². The molecule has 2 unspecified atom stereocenters. The first kappa shape index (κ1) is 11.7. The van der Waals surface area contributed by atoms with E-state index in [0.717, 1.165) is 18.1 Å². The first-order valence-electron chi connectivity index (χ1n) is 6.26. The molecule has 16 heavy (non-hydrogen) atoms. The molecular formula is C13H22N2O. The summed E-state index contributed by atoms with van der Waals surface area (Å²) < 4.78 is 5.53. The van der Waals surface area contributed by atoms with E-state index in [9.17, 15) is 0 Å². The van der Waals surface area contributed by atoms with Gasteiger partial charge in [-0.2, -0.15) is 0 Å². The summed E-state index contributed by atoms with van der Waals surface area (Å²) in [7, 11) is 0. The SMILES string of the molecule is Cc1ccc(CNC(C)CC2CCCN2)o1. The largest absolute Gasteiger partial charge is 0.465 e. The molecule has 0 amide bonds. The van der Waals surface area contributed by atoms with Gasteiger partial charge in [-0.3, -0.25) is 0 Å². The molecule has 0 spiro atoms. The van der Waals surface area contributed by atoms with Crippen LogP contribution in [0.2, 0.25) is 0 Å². The lowest BCUT2D eigenvalue weighted by Gasteiger charge is -2.17. The van der Waals surface area contributed by atoms with Crippen LogP contribution in [0.5, 0.6) is 0 Å². The van der Waals surface area contributed by atoms with Gasteiger partial charge in [-0.15, -0.1) is 0 Å². The Morgan fingerprint density at radius 1 is 1.56 bits per heavy atom. The van der Waals surface area contributed by atoms with E-state index in [2.05, 4.69) is 17.6 Å². The maximum absolute atomic E-state index is 5.53. The zero-order chi connectivity index (χ0) is 11.4. The highest BCUT2D eigenvalue weighted by Gasteiger charge is 2.16. The maximum Gasteiger partial charge on any atom is 0.117 e. The zero-order valence-corrected chi connectivity index (χ0v) is 10.3. The van der Waals surface area contributed by atoms with Crippen molar-refractivity contribution in [3.8, 4) is 0 Å². The second-order valence-corrected chi connectivity index (χ2v) is 4.82. The van der Waals surface area contributed by atoms with E-state index in [1.807, 2.05) is 19.1 Å². The lowest BCUT2D eigenvalue weighted by Crippen LogP contribution is -2.33. The summed E-state index contributed by atoms with van der Waals surface area (Å²) >= 11 is 0. The van der Waals surface area contributed by atoms with Gasteiger partial charge in [-0.1, -0.05) is 0 Å². The van der Waals surface area contributed by atoms with Crippen LogP contribution in [0, 0.1) is 6.92 Å². The molecule has 90 valence electrons. The van der Waals surface area contributed by atoms with Gasteiger partial charge in [0.1, 0.15) is 11.5 Å². The fourth-order valence-corrected chi connectivity index (χ4v) is 2.32. The molecule has 1 aromatic heterocycles. The lowest BCUT2D eigenvalue weighted by molar-refractivity contribution is 0.404. The van der Waals surface area contributed by atoms with Crippen molar-refractivity contribution in [3.63, 3.8) is 0 Å². The van der Waals surface area contributed by atoms with Crippen molar-refractivity contribution in [2.24, 2.45) is 0 Å². The van der Waals surface area contributed by atoms with Gasteiger partial charge in [0.25, 0.3) is 0 Å². The summed E-state index contributed by atoms with van der Waals surface area (Å²) in [4.78, 5) is 0. The highest BCUT2D eigenvalue weighted by atomic mass is 16.3. The quantitative estimate of drug-likeness (QED) is 0.802. The Hall–Kier alpha value is -0.800. The van der Waals surface area contributed by atoms with Crippen molar-refractivity contribution in [1.82, 2.24) is 10.6 Å². The van der Waals surface area contributed by atoms with Gasteiger partial charge in [-0.05, 0) is 51.8 Å². The Kier molecular flexibility index (Phi) is 4.02. The normalized spacial score (nSPS) is 22.5. The molecule has 1 aliphatic heterocycles. The minimum atomic E-state index is 0.543. The molecule has 2 N–H and O–H groups in total. The molecule has 1 aliphatic rings. The van der Waals surface area contributed by atoms with Crippen molar-refractivity contribution in [1.29, 1.82) is 0 Å². The third-order valence-corrected chi connectivity index (χ3v) is 3.22. The predicted octanol–water partition coefficient (Wildman–Crippen LogP) is 2.21. The highest BCUT2D eigenvalue weighted by Crippen LogP contribution is 2.11. The van der Waals surface area contributed by atoms with E-state index in [1.165, 1.54) is 25.8 Å². The number of furan rings is 1. The van der Waals surface area contributed by atoms with Gasteiger partial charge in [-0.25, -0.2) is 0 Å². The molecule has 0 bridgehead atoms. The Bertz CT molecular complexity index is 315. The predicted molar refractivity (Wildman–Crippen MR) is 65.4 cm³/mol. The van der Waals surface area contributed by atoms with Crippen LogP contribution in [0.3, 0.4) is 0 Å². The molecule has 0 saturated carbocycles. The molecule has 0 aromatic carbocycles. The second kappa shape index (κ2) is 5.51. The van der Waals surface area contributed by atoms with Crippen LogP contribution in [0.25, 0.3) is 0 Å². The minimum Gasteiger partial charge on any atom is -0.465 e. The first-order valence-corrected chi connectivity index (χ1v) is 6.26. The van der Waals surface area contributed by atoms with Crippen LogP contribution in [0.4, 0.5) is 0 Å². The number of nitrogens with one attached hydrogen (secondary N) is 2. The van der Waals surface area contributed by atoms with E-state index < -0.39 is 0 Å². The molecule has 0 aliphatic carbocycles. The summed E-state index contributed by atoms with van der Waals surface area (Å²) in [6.07, 6.45) is 3.86. The number of hydrogen-bond acceptors (Lipinski definition) is 3. The molecule has 2 heterocycles. The van der Waals surface area contributed by atoms with E-state index in [0.29, 0.717) is 12.1 Å². The van der Waals surface area contributed by atoms with Gasteiger partial charge in [0.15, 0.2) is 0 Å². The van der Waals surface area contributed by atoms with E-state index >= 15 is 0 Å². The average molecular weight is 222 g/mol. The van der Waals surface area contributed by atoms with E-state index in [-0.39, 0.29) is 0 Å². The zero-order valence-electron chi connectivity index (χ0n) is 10.3. The summed E-state index contributed by atoms with van der Waals surface area (Å²) in [6.45, 7) is 6.25. The summed E-state index contributed by atoms with van der Waals surface area (Å²) in [5, 5.41) is 7.03. The Balaban J connectivity index is 1.68. The van der Waals surface area contributed by atoms with Crippen molar-refractivity contribution in [2.75, 3.05) is 6.54 Å². The van der Waals surface area contributed by atoms with Crippen LogP contribution in [0.15, 0.2) is 16.5 Å². The smallest absolute Gasteiger partial charge is 0.117 e. The highest BCUT2D eigenvalue weighted by molar-refractivity contribution is 5.05. The first-order chi connectivity index (χ1) is 7.74. The Morgan fingerprint density at radius 3 is 3.06 bits per heavy atom. The lowest BCUT2D eigenvalue weighted by atomic mass is 10.1. The van der Waals surface area contributed by atoms with Gasteiger partial charge in [0.05, 0.1) is 6.54 Å². The van der Waals surface area contributed by atoms with Crippen molar-refractivity contribution < 1.29 is 4.42 Å². The van der Waals surface area contributed by atoms with Crippen LogP contribution in [-0.4, -0.2) is 18.6 Å². The minimum absolute atomic E-state index is 0.543. The molecule has 1 aromatic rings. The molecule has 1 fully saturated rings. The summed E-state index contributed by atoms with van der Waals surface area (Å²) in [5.74, 6) is 2.02. The molecule has 2 rings (SSSR count). The maximum atomic E-state index is 5.53. The standard InChI is InChI=1S/C13H22N2O/c1-10(8-12-4-3-7-14-12)15-9-13-6-5-11(2)16-13/h5-6,10,12,14-15H,3-4,7-9H2,1-2H3. The van der Waals surface area contributed by atoms with Crippen LogP contribution < -0.4 is 10.6 Å². The molecule has 3 heteroatoms. The topological polar surface area (TPSA) is 37.2 Å². The summed E-state index contributed by atoms with van der Waals surface area (Å²) in [5.41, 5.74) is 0. The monoisotopic (exact) mass is 222 g/mol. The van der Waals surface area contributed by atoms with E-state index in [1.54, 1.807) is 0 Å². The van der Waals surface area contributed by atoms with Crippen LogP contribution in [0.1, 0.15) is 37.7 Å². The number of rotatable bonds is 5. The Labute approximate surface area is 97.6 Å². The molecule has 0 radical (unpaired) electrons. The van der Waals surface area contributed by atoms with Gasteiger partial charge < -0.3 is 15.1 Å². The number of aryl methyl sites for hydroxylation is 1. The van der Waals surface area contributed by atoms with Gasteiger partial charge >= 0.3 is 0 Å². The second-order valence-electron chi connectivity index (χ2n) is 4.82. The molecular weight excluding hydrogens is 200 g/mol. The molecule has 2 atom stereocenters.